The molecule has 2 aromatic carbocycles. The minimum atomic E-state index is -2.86. The summed E-state index contributed by atoms with van der Waals surface area (Å²) < 4.78 is 62.6. The number of hydrogen-bond donors (Lipinski definition) is 2. The second-order valence-corrected chi connectivity index (χ2v) is 13.6. The lowest BCUT2D eigenvalue weighted by Crippen LogP contribution is -2.39. The summed E-state index contributed by atoms with van der Waals surface area (Å²) in [5.74, 6) is -2.82. The molecule has 0 amide bonds. The third-order valence-electron chi connectivity index (χ3n) is 6.73. The highest BCUT2D eigenvalue weighted by atomic mass is 32.2. The van der Waals surface area contributed by atoms with Gasteiger partial charge < -0.3 is 19.4 Å². The first-order valence-electron chi connectivity index (χ1n) is 11.9. The average Bonchev–Trinajstić information content (AvgIpc) is 2.95. The van der Waals surface area contributed by atoms with Gasteiger partial charge in [-0.15, -0.1) is 11.8 Å². The van der Waals surface area contributed by atoms with E-state index in [9.17, 15) is 27.2 Å². The van der Waals surface area contributed by atoms with Gasteiger partial charge in [0, 0.05) is 37.8 Å². The minimum absolute atomic E-state index is 0.0485. The van der Waals surface area contributed by atoms with Crippen LogP contribution in [0.4, 0.5) is 24.5 Å². The molecule has 12 heteroatoms. The molecule has 0 radical (unpaired) electrons. The maximum Gasteiger partial charge on any atom is 0.245 e. The van der Waals surface area contributed by atoms with Crippen LogP contribution in [0, 0.1) is 5.82 Å². The number of ether oxygens (including phenoxy) is 1. The maximum absolute atomic E-state index is 13.7. The summed E-state index contributed by atoms with van der Waals surface area (Å²) in [5.41, 5.74) is 1.26. The van der Waals surface area contributed by atoms with Gasteiger partial charge in [-0.05, 0) is 63.3 Å². The molecule has 0 spiro atoms. The topological polar surface area (TPSA) is 73.2 Å². The Hall–Kier alpha value is -1.36. The Morgan fingerprint density at radius 1 is 1.22 bits per heavy atom. The molecule has 0 saturated heterocycles. The van der Waals surface area contributed by atoms with Crippen molar-refractivity contribution in [2.75, 3.05) is 31.4 Å². The fourth-order valence-electron chi connectivity index (χ4n) is 3.96. The Kier molecular flexibility index (Phi) is 9.97. The highest BCUT2D eigenvalue weighted by Gasteiger charge is 2.36. The molecule has 206 valence electrons. The molecule has 3 atom stereocenters. The largest absolute Gasteiger partial charge is 0.491 e. The lowest BCUT2D eigenvalue weighted by Gasteiger charge is -2.31. The maximum atomic E-state index is 13.7. The second kappa shape index (κ2) is 12.2. The van der Waals surface area contributed by atoms with E-state index in [2.05, 4.69) is 0 Å². The summed E-state index contributed by atoms with van der Waals surface area (Å²) in [7, 11) is -2.30. The van der Waals surface area contributed by atoms with Crippen LogP contribution in [0.3, 0.4) is 0 Å². The van der Waals surface area contributed by atoms with Crippen LogP contribution in [0.15, 0.2) is 46.2 Å². The lowest BCUT2D eigenvalue weighted by atomic mass is 10.1. The third kappa shape index (κ3) is 7.19. The van der Waals surface area contributed by atoms with Gasteiger partial charge >= 0.3 is 0 Å². The molecule has 1 aliphatic rings. The van der Waals surface area contributed by atoms with Gasteiger partial charge in [0.25, 0.3) is 0 Å². The minimum Gasteiger partial charge on any atom is -0.491 e. The summed E-state index contributed by atoms with van der Waals surface area (Å²) in [6, 6.07) is 8.92. The zero-order chi connectivity index (χ0) is 27.5. The highest BCUT2D eigenvalue weighted by molar-refractivity contribution is 7.98. The summed E-state index contributed by atoms with van der Waals surface area (Å²) in [6.45, 7) is 4.78. The number of halogens is 3. The number of thioether (sulfide) groups is 1. The normalized spacial score (nSPS) is 20.5. The Balaban J connectivity index is 2.09. The van der Waals surface area contributed by atoms with E-state index in [0.29, 0.717) is 28.4 Å². The van der Waals surface area contributed by atoms with Gasteiger partial charge in [0.05, 0.1) is 20.6 Å². The smallest absolute Gasteiger partial charge is 0.245 e. The number of rotatable bonds is 10. The highest BCUT2D eigenvalue weighted by Crippen LogP contribution is 2.46. The van der Waals surface area contributed by atoms with E-state index in [1.54, 1.807) is 36.5 Å². The van der Waals surface area contributed by atoms with Crippen molar-refractivity contribution in [1.29, 1.82) is 0 Å². The van der Waals surface area contributed by atoms with Crippen molar-refractivity contribution < 1.29 is 31.9 Å². The van der Waals surface area contributed by atoms with Crippen LogP contribution in [0.1, 0.15) is 40.0 Å². The van der Waals surface area contributed by atoms with E-state index in [1.165, 1.54) is 23.9 Å². The predicted octanol–water partition coefficient (Wildman–Crippen LogP) is 6.30. The number of likely N-dealkylation sites (N-methyl/N-ethyl adjacent to an activating group) is 1. The molecule has 2 aromatic rings. The summed E-state index contributed by atoms with van der Waals surface area (Å²) >= 11 is 1.41. The summed E-state index contributed by atoms with van der Waals surface area (Å²) in [4.78, 5) is 22.8. The van der Waals surface area contributed by atoms with Crippen molar-refractivity contribution in [3.63, 3.8) is 0 Å². The van der Waals surface area contributed by atoms with Crippen molar-refractivity contribution in [2.45, 2.75) is 66.9 Å². The Bertz CT molecular complexity index is 1100. The molecule has 0 bridgehead atoms. The number of hydrogen-bond acceptors (Lipinski definition) is 6. The molecule has 37 heavy (non-hydrogen) atoms. The van der Waals surface area contributed by atoms with Gasteiger partial charge in [-0.25, -0.2) is 21.7 Å². The second-order valence-electron chi connectivity index (χ2n) is 9.54. The van der Waals surface area contributed by atoms with E-state index >= 15 is 0 Å². The molecule has 0 aromatic heterocycles. The monoisotopic (exact) mass is 578 g/mol. The van der Waals surface area contributed by atoms with E-state index in [-0.39, 0.29) is 26.0 Å². The van der Waals surface area contributed by atoms with E-state index in [1.807, 2.05) is 24.1 Å². The standard InChI is InChI=1S/C25H34F3N2O4PS2/c1-6-24(2,35(31)32)16-34-21-14-23-20(13-22(21)36-5)30(18-9-7-17(26)8-10-18)15-19(29(4)37(23)33)11-12-25(3,27)28/h7-10,13-14,19,31-32H,6,11-12,15-16H2,1-5H3/t19-,24?,37?/m1/s1. The van der Waals surface area contributed by atoms with Crippen molar-refractivity contribution in [3.8, 4) is 5.75 Å². The number of benzene rings is 2. The molecule has 3 rings (SSSR count). The number of fused-ring (bicyclic) bond motifs is 1. The van der Waals surface area contributed by atoms with Crippen LogP contribution >= 0.6 is 20.1 Å². The summed E-state index contributed by atoms with van der Waals surface area (Å²) in [6.07, 6.45) is 2.11. The van der Waals surface area contributed by atoms with Gasteiger partial charge in [0.1, 0.15) is 29.2 Å². The third-order valence-corrected chi connectivity index (χ3v) is 10.4. The van der Waals surface area contributed by atoms with Gasteiger partial charge in [-0.2, -0.15) is 0 Å². The van der Waals surface area contributed by atoms with E-state index in [4.69, 9.17) is 4.74 Å². The number of nitrogens with zero attached hydrogens (tertiary/aromatic N) is 2. The van der Waals surface area contributed by atoms with Crippen molar-refractivity contribution in [3.05, 3.63) is 42.2 Å². The molecule has 2 unspecified atom stereocenters. The van der Waals surface area contributed by atoms with Crippen LogP contribution < -0.4 is 9.64 Å². The molecular formula is C25H34F3N2O4PS2. The van der Waals surface area contributed by atoms with Crippen molar-refractivity contribution in [2.24, 2.45) is 0 Å². The Morgan fingerprint density at radius 3 is 2.41 bits per heavy atom. The molecule has 0 aliphatic carbocycles. The SMILES string of the molecule is CCC(C)(COc1cc2c(cc1SC)N(c1ccc(F)cc1)C[C@@H](CCC(C)(F)F)N(C)S2=O)P(O)O. The fourth-order valence-corrected chi connectivity index (χ4v) is 6.28. The Labute approximate surface area is 224 Å². The Morgan fingerprint density at radius 2 is 1.86 bits per heavy atom. The number of alkyl halides is 2. The first-order chi connectivity index (χ1) is 17.3. The van der Waals surface area contributed by atoms with Gasteiger partial charge in [0.2, 0.25) is 5.92 Å². The van der Waals surface area contributed by atoms with Crippen molar-refractivity contribution in [1.82, 2.24) is 4.31 Å². The zero-order valence-electron chi connectivity index (χ0n) is 21.6. The van der Waals surface area contributed by atoms with Gasteiger partial charge in [-0.1, -0.05) is 6.92 Å². The van der Waals surface area contributed by atoms with Crippen LogP contribution in [-0.4, -0.2) is 61.9 Å². The summed E-state index contributed by atoms with van der Waals surface area (Å²) in [5, 5.41) is -0.843. The van der Waals surface area contributed by atoms with E-state index in [0.717, 1.165) is 11.8 Å². The quantitative estimate of drug-likeness (QED) is 0.255. The van der Waals surface area contributed by atoms with Crippen molar-refractivity contribution >= 4 is 42.5 Å². The van der Waals surface area contributed by atoms with Gasteiger partial charge in [0.15, 0.2) is 8.38 Å². The zero-order valence-corrected chi connectivity index (χ0v) is 24.1. The fraction of sp³-hybridized carbons (Fsp3) is 0.520. The van der Waals surface area contributed by atoms with Crippen LogP contribution in [0.5, 0.6) is 5.75 Å². The number of anilines is 2. The lowest BCUT2D eigenvalue weighted by molar-refractivity contribution is 0.00692. The molecule has 1 heterocycles. The first-order valence-corrected chi connectivity index (χ1v) is 15.5. The molecule has 6 nitrogen and oxygen atoms in total. The average molecular weight is 579 g/mol. The predicted molar refractivity (Wildman–Crippen MR) is 145 cm³/mol. The molecule has 0 saturated carbocycles. The first kappa shape index (κ1) is 30.2. The van der Waals surface area contributed by atoms with Crippen LogP contribution in [0.2, 0.25) is 0 Å². The van der Waals surface area contributed by atoms with Crippen LogP contribution in [-0.2, 0) is 11.0 Å². The molecular weight excluding hydrogens is 544 g/mol. The molecule has 2 N–H and O–H groups in total. The van der Waals surface area contributed by atoms with E-state index < -0.39 is 42.3 Å². The molecule has 1 aliphatic heterocycles. The van der Waals surface area contributed by atoms with Gasteiger partial charge in [-0.3, -0.25) is 0 Å². The van der Waals surface area contributed by atoms with Crippen LogP contribution in [0.25, 0.3) is 0 Å². The molecule has 0 fully saturated rings.